The van der Waals surface area contributed by atoms with E-state index in [0.29, 0.717) is 11.6 Å². The van der Waals surface area contributed by atoms with Crippen molar-refractivity contribution in [1.29, 1.82) is 0 Å². The van der Waals surface area contributed by atoms with Gasteiger partial charge in [-0.3, -0.25) is 4.79 Å². The summed E-state index contributed by atoms with van der Waals surface area (Å²) in [6.45, 7) is 4.59. The van der Waals surface area contributed by atoms with Gasteiger partial charge in [-0.25, -0.2) is 4.39 Å². The molecule has 0 bridgehead atoms. The zero-order valence-corrected chi connectivity index (χ0v) is 11.4. The maximum absolute atomic E-state index is 13.2. The van der Waals surface area contributed by atoms with Gasteiger partial charge in [0.15, 0.2) is 0 Å². The number of nitrogens with one attached hydrogen (secondary N) is 1. The van der Waals surface area contributed by atoms with Crippen molar-refractivity contribution in [3.8, 4) is 0 Å². The highest BCUT2D eigenvalue weighted by Crippen LogP contribution is 2.14. The Balaban J connectivity index is 1.99. The Hall–Kier alpha value is -1.42. The number of rotatable bonds is 4. The highest BCUT2D eigenvalue weighted by Gasteiger charge is 2.24. The average molecular weight is 264 g/mol. The summed E-state index contributed by atoms with van der Waals surface area (Å²) in [5, 5.41) is 3.45. The zero-order valence-electron chi connectivity index (χ0n) is 11.4. The molecule has 4 heteroatoms. The molecule has 0 aliphatic carbocycles. The van der Waals surface area contributed by atoms with Crippen LogP contribution in [-0.2, 0) is 0 Å². The summed E-state index contributed by atoms with van der Waals surface area (Å²) < 4.78 is 13.2. The minimum Gasteiger partial charge on any atom is -0.337 e. The molecule has 1 aromatic rings. The van der Waals surface area contributed by atoms with Crippen molar-refractivity contribution < 1.29 is 9.18 Å². The van der Waals surface area contributed by atoms with Crippen molar-refractivity contribution in [2.24, 2.45) is 0 Å². The first kappa shape index (κ1) is 14.0. The van der Waals surface area contributed by atoms with E-state index in [-0.39, 0.29) is 11.7 Å². The first-order valence-electron chi connectivity index (χ1n) is 6.99. The number of likely N-dealkylation sites (tertiary alicyclic amines) is 1. The molecule has 104 valence electrons. The molecule has 1 aliphatic heterocycles. The molecule has 19 heavy (non-hydrogen) atoms. The van der Waals surface area contributed by atoms with Crippen LogP contribution in [0.2, 0.25) is 0 Å². The van der Waals surface area contributed by atoms with Gasteiger partial charge in [0.05, 0.1) is 0 Å². The van der Waals surface area contributed by atoms with Crippen LogP contribution in [0.4, 0.5) is 4.39 Å². The van der Waals surface area contributed by atoms with Crippen molar-refractivity contribution in [2.75, 3.05) is 19.6 Å². The van der Waals surface area contributed by atoms with Crippen LogP contribution >= 0.6 is 0 Å². The fraction of sp³-hybridized carbons (Fsp3) is 0.533. The maximum Gasteiger partial charge on any atom is 0.254 e. The molecule has 0 aromatic heterocycles. The van der Waals surface area contributed by atoms with Crippen molar-refractivity contribution in [2.45, 2.75) is 32.2 Å². The number of carbonyl (C=O) groups excluding carboxylic acids is 1. The Bertz CT molecular complexity index is 436. The van der Waals surface area contributed by atoms with Gasteiger partial charge in [0.1, 0.15) is 5.82 Å². The average Bonchev–Trinajstić information content (AvgIpc) is 2.44. The van der Waals surface area contributed by atoms with Crippen molar-refractivity contribution in [1.82, 2.24) is 10.2 Å². The quantitative estimate of drug-likeness (QED) is 0.906. The van der Waals surface area contributed by atoms with Crippen LogP contribution in [0, 0.1) is 5.82 Å². The van der Waals surface area contributed by atoms with Gasteiger partial charge < -0.3 is 10.2 Å². The first-order valence-corrected chi connectivity index (χ1v) is 6.99. The molecule has 1 saturated heterocycles. The Morgan fingerprint density at radius 3 is 3.11 bits per heavy atom. The molecular formula is C15H21FN2O. The Morgan fingerprint density at radius 2 is 2.37 bits per heavy atom. The second-order valence-electron chi connectivity index (χ2n) is 5.05. The second-order valence-corrected chi connectivity index (χ2v) is 5.05. The molecule has 0 saturated carbocycles. The van der Waals surface area contributed by atoms with Gasteiger partial charge >= 0.3 is 0 Å². The third-order valence-electron chi connectivity index (χ3n) is 3.46. The molecule has 1 aliphatic rings. The molecule has 3 nitrogen and oxygen atoms in total. The monoisotopic (exact) mass is 264 g/mol. The van der Waals surface area contributed by atoms with Gasteiger partial charge in [0, 0.05) is 24.7 Å². The lowest BCUT2D eigenvalue weighted by molar-refractivity contribution is 0.0694. The van der Waals surface area contributed by atoms with Crippen molar-refractivity contribution in [3.05, 3.63) is 35.6 Å². The summed E-state index contributed by atoms with van der Waals surface area (Å²) in [5.41, 5.74) is 0.441. The zero-order chi connectivity index (χ0) is 13.7. The fourth-order valence-electron chi connectivity index (χ4n) is 2.48. The Morgan fingerprint density at radius 1 is 1.53 bits per heavy atom. The third kappa shape index (κ3) is 3.77. The van der Waals surface area contributed by atoms with Crippen LogP contribution in [0.5, 0.6) is 0 Å². The minimum absolute atomic E-state index is 0.0671. The molecule has 0 spiro atoms. The molecule has 1 unspecified atom stereocenters. The van der Waals surface area contributed by atoms with E-state index in [2.05, 4.69) is 12.2 Å². The van der Waals surface area contributed by atoms with E-state index in [9.17, 15) is 9.18 Å². The molecule has 1 heterocycles. The molecule has 1 aromatic carbocycles. The summed E-state index contributed by atoms with van der Waals surface area (Å²) in [4.78, 5) is 14.1. The van der Waals surface area contributed by atoms with Gasteiger partial charge in [-0.2, -0.15) is 0 Å². The number of nitrogens with zero attached hydrogens (tertiary/aromatic N) is 1. The van der Waals surface area contributed by atoms with Crippen molar-refractivity contribution in [3.63, 3.8) is 0 Å². The van der Waals surface area contributed by atoms with E-state index < -0.39 is 0 Å². The fourth-order valence-corrected chi connectivity index (χ4v) is 2.48. The first-order chi connectivity index (χ1) is 9.20. The molecule has 2 rings (SSSR count). The van der Waals surface area contributed by atoms with Crippen molar-refractivity contribution >= 4 is 5.91 Å². The normalized spacial score (nSPS) is 19.5. The van der Waals surface area contributed by atoms with Crippen LogP contribution in [-0.4, -0.2) is 36.5 Å². The van der Waals surface area contributed by atoms with Gasteiger partial charge in [-0.05, 0) is 44.0 Å². The van der Waals surface area contributed by atoms with Gasteiger partial charge in [0.2, 0.25) is 0 Å². The number of carbonyl (C=O) groups is 1. The van der Waals surface area contributed by atoms with Gasteiger partial charge in [-0.15, -0.1) is 0 Å². The van der Waals surface area contributed by atoms with E-state index in [1.165, 1.54) is 12.1 Å². The number of benzene rings is 1. The van der Waals surface area contributed by atoms with E-state index in [0.717, 1.165) is 38.9 Å². The van der Waals surface area contributed by atoms with E-state index in [1.807, 2.05) is 4.90 Å². The summed E-state index contributed by atoms with van der Waals surface area (Å²) in [6.07, 6.45) is 3.20. The topological polar surface area (TPSA) is 32.3 Å². The summed E-state index contributed by atoms with van der Waals surface area (Å²) >= 11 is 0. The number of piperidine rings is 1. The smallest absolute Gasteiger partial charge is 0.254 e. The number of halogens is 1. The largest absolute Gasteiger partial charge is 0.337 e. The highest BCUT2D eigenvalue weighted by atomic mass is 19.1. The molecule has 1 amide bonds. The Kier molecular flexibility index (Phi) is 4.91. The van der Waals surface area contributed by atoms with Crippen LogP contribution in [0.3, 0.4) is 0 Å². The van der Waals surface area contributed by atoms with E-state index in [4.69, 9.17) is 0 Å². The maximum atomic E-state index is 13.2. The lowest BCUT2D eigenvalue weighted by Crippen LogP contribution is -2.48. The molecule has 1 fully saturated rings. The minimum atomic E-state index is -0.358. The van der Waals surface area contributed by atoms with Crippen LogP contribution in [0.25, 0.3) is 0 Å². The molecule has 1 N–H and O–H groups in total. The van der Waals surface area contributed by atoms with Crippen LogP contribution in [0.1, 0.15) is 36.5 Å². The predicted molar refractivity (Wildman–Crippen MR) is 73.6 cm³/mol. The van der Waals surface area contributed by atoms with Crippen LogP contribution in [0.15, 0.2) is 24.3 Å². The van der Waals surface area contributed by atoms with E-state index >= 15 is 0 Å². The number of hydrogen-bond acceptors (Lipinski definition) is 2. The summed E-state index contributed by atoms with van der Waals surface area (Å²) in [6, 6.07) is 6.30. The predicted octanol–water partition coefficient (Wildman–Crippen LogP) is 2.43. The molecule has 0 radical (unpaired) electrons. The second kappa shape index (κ2) is 6.66. The van der Waals surface area contributed by atoms with Gasteiger partial charge in [0.25, 0.3) is 5.91 Å². The lowest BCUT2D eigenvalue weighted by Gasteiger charge is -2.33. The molecular weight excluding hydrogens is 243 g/mol. The summed E-state index contributed by atoms with van der Waals surface area (Å²) in [5.74, 6) is -0.425. The SMILES string of the molecule is CCCNC1CCCN(C(=O)c2cccc(F)c2)C1. The van der Waals surface area contributed by atoms with E-state index in [1.54, 1.807) is 12.1 Å². The number of hydrogen-bond donors (Lipinski definition) is 1. The standard InChI is InChI=1S/C15H21FN2O/c1-2-8-17-14-7-4-9-18(11-14)15(19)12-5-3-6-13(16)10-12/h3,5-6,10,14,17H,2,4,7-9,11H2,1H3. The molecule has 1 atom stereocenters. The Labute approximate surface area is 113 Å². The number of amides is 1. The lowest BCUT2D eigenvalue weighted by atomic mass is 10.0. The van der Waals surface area contributed by atoms with Gasteiger partial charge in [-0.1, -0.05) is 13.0 Å². The highest BCUT2D eigenvalue weighted by molar-refractivity contribution is 5.94. The van der Waals surface area contributed by atoms with Crippen LogP contribution < -0.4 is 5.32 Å². The third-order valence-corrected chi connectivity index (χ3v) is 3.46. The summed E-state index contributed by atoms with van der Waals surface area (Å²) in [7, 11) is 0.